The van der Waals surface area contributed by atoms with Gasteiger partial charge in [-0.1, -0.05) is 15.9 Å². The lowest BCUT2D eigenvalue weighted by Gasteiger charge is -2.12. The second kappa shape index (κ2) is 5.48. The molecule has 5 heteroatoms. The van der Waals surface area contributed by atoms with E-state index in [1.165, 1.54) is 6.07 Å². The van der Waals surface area contributed by atoms with E-state index < -0.39 is 5.97 Å². The summed E-state index contributed by atoms with van der Waals surface area (Å²) in [5.74, 6) is -0.498. The van der Waals surface area contributed by atoms with Crippen LogP contribution in [0.25, 0.3) is 0 Å². The number of aromatic carboxylic acids is 1. The van der Waals surface area contributed by atoms with E-state index in [2.05, 4.69) is 21.2 Å². The number of anilines is 1. The summed E-state index contributed by atoms with van der Waals surface area (Å²) in [5, 5.41) is 12.1. The summed E-state index contributed by atoms with van der Waals surface area (Å²) in [4.78, 5) is 10.7. The van der Waals surface area contributed by atoms with Gasteiger partial charge in [0.15, 0.2) is 0 Å². The number of rotatable bonds is 4. The van der Waals surface area contributed by atoms with Crippen LogP contribution in [0.1, 0.15) is 27.4 Å². The number of carboxylic acids is 1. The number of carbonyl (C=O) groups is 1. The van der Waals surface area contributed by atoms with Gasteiger partial charge in [0.05, 0.1) is 6.54 Å². The van der Waals surface area contributed by atoms with Gasteiger partial charge in [-0.25, -0.2) is 4.79 Å². The van der Waals surface area contributed by atoms with Crippen molar-refractivity contribution < 1.29 is 14.3 Å². The molecule has 0 aliphatic rings. The van der Waals surface area contributed by atoms with Crippen molar-refractivity contribution in [3.8, 4) is 0 Å². The van der Waals surface area contributed by atoms with Crippen LogP contribution < -0.4 is 5.32 Å². The van der Waals surface area contributed by atoms with Crippen molar-refractivity contribution in [1.29, 1.82) is 0 Å². The average molecular weight is 324 g/mol. The minimum absolute atomic E-state index is 0.0407. The molecule has 2 N–H and O–H groups in total. The number of halogens is 1. The predicted molar refractivity (Wildman–Crippen MR) is 76.6 cm³/mol. The van der Waals surface area contributed by atoms with Crippen LogP contribution >= 0.6 is 15.9 Å². The molecule has 0 aliphatic carbocycles. The standard InChI is InChI=1S/C14H14BrNO3/c1-8-5-10(15)6-9(2)13(8)16-7-11-3-4-12(19-11)14(17)18/h3-6,16H,7H2,1-2H3,(H,17,18). The summed E-state index contributed by atoms with van der Waals surface area (Å²) in [5.41, 5.74) is 3.28. The van der Waals surface area contributed by atoms with Gasteiger partial charge in [0.2, 0.25) is 5.76 Å². The summed E-state index contributed by atoms with van der Waals surface area (Å²) in [6.45, 7) is 4.49. The second-order valence-corrected chi connectivity index (χ2v) is 5.25. The highest BCUT2D eigenvalue weighted by Gasteiger charge is 2.09. The first-order chi connectivity index (χ1) is 8.97. The molecular formula is C14H14BrNO3. The van der Waals surface area contributed by atoms with E-state index in [9.17, 15) is 4.79 Å². The predicted octanol–water partition coefficient (Wildman–Crippen LogP) is 3.97. The molecule has 0 amide bonds. The number of hydrogen-bond donors (Lipinski definition) is 2. The van der Waals surface area contributed by atoms with E-state index in [0.717, 1.165) is 21.3 Å². The molecule has 0 atom stereocenters. The van der Waals surface area contributed by atoms with E-state index in [1.807, 2.05) is 26.0 Å². The lowest BCUT2D eigenvalue weighted by molar-refractivity contribution is 0.0660. The van der Waals surface area contributed by atoms with Crippen LogP contribution in [-0.2, 0) is 6.54 Å². The Bertz CT molecular complexity index is 596. The van der Waals surface area contributed by atoms with E-state index >= 15 is 0 Å². The summed E-state index contributed by atoms with van der Waals surface area (Å²) >= 11 is 3.45. The van der Waals surface area contributed by atoms with Crippen LogP contribution in [0.2, 0.25) is 0 Å². The van der Waals surface area contributed by atoms with Gasteiger partial charge < -0.3 is 14.8 Å². The van der Waals surface area contributed by atoms with E-state index in [0.29, 0.717) is 12.3 Å². The third kappa shape index (κ3) is 3.17. The highest BCUT2D eigenvalue weighted by Crippen LogP contribution is 2.25. The zero-order chi connectivity index (χ0) is 14.0. The van der Waals surface area contributed by atoms with Crippen molar-refractivity contribution in [3.63, 3.8) is 0 Å². The maximum Gasteiger partial charge on any atom is 0.371 e. The van der Waals surface area contributed by atoms with Crippen LogP contribution in [0.4, 0.5) is 5.69 Å². The van der Waals surface area contributed by atoms with Gasteiger partial charge in [0, 0.05) is 10.2 Å². The molecule has 1 heterocycles. The number of benzene rings is 1. The molecule has 0 bridgehead atoms. The third-order valence-corrected chi connectivity index (χ3v) is 3.27. The molecule has 100 valence electrons. The Morgan fingerprint density at radius 2 is 1.95 bits per heavy atom. The number of hydrogen-bond acceptors (Lipinski definition) is 3. The molecule has 1 aromatic heterocycles. The summed E-state index contributed by atoms with van der Waals surface area (Å²) in [7, 11) is 0. The maximum atomic E-state index is 10.7. The largest absolute Gasteiger partial charge is 0.475 e. The van der Waals surface area contributed by atoms with E-state index in [1.54, 1.807) is 6.07 Å². The van der Waals surface area contributed by atoms with Crippen molar-refractivity contribution in [3.05, 3.63) is 51.4 Å². The Balaban J connectivity index is 2.12. The normalized spacial score (nSPS) is 10.5. The van der Waals surface area contributed by atoms with Crippen LogP contribution in [-0.4, -0.2) is 11.1 Å². The second-order valence-electron chi connectivity index (χ2n) is 4.34. The first kappa shape index (κ1) is 13.7. The van der Waals surface area contributed by atoms with Crippen LogP contribution in [0.3, 0.4) is 0 Å². The van der Waals surface area contributed by atoms with Gasteiger partial charge in [0.25, 0.3) is 0 Å². The van der Waals surface area contributed by atoms with Gasteiger partial charge in [-0.05, 0) is 49.2 Å². The van der Waals surface area contributed by atoms with Gasteiger partial charge in [-0.3, -0.25) is 0 Å². The van der Waals surface area contributed by atoms with Crippen molar-refractivity contribution in [1.82, 2.24) is 0 Å². The molecule has 0 spiro atoms. The van der Waals surface area contributed by atoms with Crippen LogP contribution in [0.15, 0.2) is 33.2 Å². The fourth-order valence-corrected chi connectivity index (χ4v) is 2.64. The molecule has 0 aliphatic heterocycles. The fourth-order valence-electron chi connectivity index (χ4n) is 1.95. The molecule has 19 heavy (non-hydrogen) atoms. The molecular weight excluding hydrogens is 310 g/mol. The lowest BCUT2D eigenvalue weighted by Crippen LogP contribution is -2.02. The summed E-state index contributed by atoms with van der Waals surface area (Å²) in [6, 6.07) is 7.18. The zero-order valence-electron chi connectivity index (χ0n) is 10.7. The maximum absolute atomic E-state index is 10.7. The third-order valence-electron chi connectivity index (χ3n) is 2.81. The molecule has 0 fully saturated rings. The van der Waals surface area contributed by atoms with Crippen LogP contribution in [0, 0.1) is 13.8 Å². The minimum atomic E-state index is -1.05. The molecule has 2 rings (SSSR count). The Hall–Kier alpha value is -1.75. The summed E-state index contributed by atoms with van der Waals surface area (Å²) < 4.78 is 6.24. The Labute approximate surface area is 119 Å². The van der Waals surface area contributed by atoms with Crippen molar-refractivity contribution in [2.45, 2.75) is 20.4 Å². The van der Waals surface area contributed by atoms with Crippen molar-refractivity contribution in [2.24, 2.45) is 0 Å². The molecule has 0 saturated carbocycles. The average Bonchev–Trinajstić information content (AvgIpc) is 2.76. The minimum Gasteiger partial charge on any atom is -0.475 e. The number of aryl methyl sites for hydroxylation is 2. The number of nitrogens with one attached hydrogen (secondary N) is 1. The van der Waals surface area contributed by atoms with Gasteiger partial charge >= 0.3 is 5.97 Å². The number of carboxylic acid groups (broad SMARTS) is 1. The first-order valence-electron chi connectivity index (χ1n) is 5.80. The van der Waals surface area contributed by atoms with Crippen molar-refractivity contribution >= 4 is 27.6 Å². The first-order valence-corrected chi connectivity index (χ1v) is 6.59. The molecule has 0 saturated heterocycles. The van der Waals surface area contributed by atoms with Gasteiger partial charge in [0.1, 0.15) is 5.76 Å². The molecule has 0 radical (unpaired) electrons. The topological polar surface area (TPSA) is 62.5 Å². The quantitative estimate of drug-likeness (QED) is 0.893. The number of furan rings is 1. The highest BCUT2D eigenvalue weighted by atomic mass is 79.9. The lowest BCUT2D eigenvalue weighted by atomic mass is 10.1. The molecule has 2 aromatic rings. The zero-order valence-corrected chi connectivity index (χ0v) is 12.2. The monoisotopic (exact) mass is 323 g/mol. The fraction of sp³-hybridized carbons (Fsp3) is 0.214. The molecule has 1 aromatic carbocycles. The molecule has 0 unspecified atom stereocenters. The van der Waals surface area contributed by atoms with Gasteiger partial charge in [-0.15, -0.1) is 0 Å². The Morgan fingerprint density at radius 1 is 1.32 bits per heavy atom. The van der Waals surface area contributed by atoms with Crippen molar-refractivity contribution in [2.75, 3.05) is 5.32 Å². The Morgan fingerprint density at radius 3 is 2.47 bits per heavy atom. The highest BCUT2D eigenvalue weighted by molar-refractivity contribution is 9.10. The van der Waals surface area contributed by atoms with Gasteiger partial charge in [-0.2, -0.15) is 0 Å². The smallest absolute Gasteiger partial charge is 0.371 e. The summed E-state index contributed by atoms with van der Waals surface area (Å²) in [6.07, 6.45) is 0. The molecule has 4 nitrogen and oxygen atoms in total. The van der Waals surface area contributed by atoms with Crippen LogP contribution in [0.5, 0.6) is 0 Å². The SMILES string of the molecule is Cc1cc(Br)cc(C)c1NCc1ccc(C(=O)O)o1. The van der Waals surface area contributed by atoms with E-state index in [-0.39, 0.29) is 5.76 Å². The van der Waals surface area contributed by atoms with E-state index in [4.69, 9.17) is 9.52 Å². The Kier molecular flexibility index (Phi) is 3.95.